The first-order chi connectivity index (χ1) is 15.9. The summed E-state index contributed by atoms with van der Waals surface area (Å²) in [7, 11) is -4.91. The van der Waals surface area contributed by atoms with Gasteiger partial charge in [0.05, 0.1) is 13.2 Å². The summed E-state index contributed by atoms with van der Waals surface area (Å²) in [6.07, 6.45) is 0. The van der Waals surface area contributed by atoms with Gasteiger partial charge in [0.1, 0.15) is 4.88 Å². The minimum atomic E-state index is -4.91. The number of halogens is 7. The van der Waals surface area contributed by atoms with E-state index in [9.17, 15) is 40.1 Å². The molecule has 184 valence electrons. The van der Waals surface area contributed by atoms with Crippen molar-refractivity contribution in [2.45, 2.75) is 19.5 Å². The van der Waals surface area contributed by atoms with Crippen molar-refractivity contribution in [1.29, 1.82) is 0 Å². The Labute approximate surface area is 191 Å². The second-order valence-corrected chi connectivity index (χ2v) is 9.68. The summed E-state index contributed by atoms with van der Waals surface area (Å²) in [6.45, 7) is 2.07. The van der Waals surface area contributed by atoms with Crippen molar-refractivity contribution in [1.82, 2.24) is 0 Å². The Bertz CT molecular complexity index is 1270. The monoisotopic (exact) mass is 530 g/mol. The maximum atomic E-state index is 15.0. The van der Waals surface area contributed by atoms with Crippen molar-refractivity contribution in [2.75, 3.05) is 13.2 Å². The van der Waals surface area contributed by atoms with E-state index >= 15 is 0 Å². The van der Waals surface area contributed by atoms with Crippen LogP contribution in [0, 0.1) is 29.1 Å². The fourth-order valence-corrected chi connectivity index (χ4v) is 5.35. The van der Waals surface area contributed by atoms with E-state index in [2.05, 4.69) is 4.74 Å². The molecule has 0 amide bonds. The molecule has 0 atom stereocenters. The molecule has 0 aliphatic rings. The van der Waals surface area contributed by atoms with E-state index in [0.29, 0.717) is 11.3 Å². The summed E-state index contributed by atoms with van der Waals surface area (Å²) in [5.41, 5.74) is -4.82. The number of rotatable bonds is 8. The number of esters is 1. The lowest BCUT2D eigenvalue weighted by molar-refractivity contribution is 0.0362. The zero-order chi connectivity index (χ0) is 25.4. The number of ether oxygens (including phenoxy) is 1. The second kappa shape index (κ2) is 9.65. The Hall–Kier alpha value is -2.47. The summed E-state index contributed by atoms with van der Waals surface area (Å²) in [5, 5.41) is 0.205. The van der Waals surface area contributed by atoms with E-state index in [-0.39, 0.29) is 23.3 Å². The van der Waals surface area contributed by atoms with Crippen LogP contribution in [0.25, 0.3) is 10.1 Å². The third kappa shape index (κ3) is 4.45. The minimum absolute atomic E-state index is 0.0427. The molecule has 0 unspecified atom stereocenters. The van der Waals surface area contributed by atoms with Crippen LogP contribution in [0.1, 0.15) is 29.1 Å². The van der Waals surface area contributed by atoms with Crippen LogP contribution < -0.4 is 4.74 Å². The van der Waals surface area contributed by atoms with Gasteiger partial charge in [-0.05, 0) is 31.4 Å². The van der Waals surface area contributed by atoms with Crippen molar-refractivity contribution < 1.29 is 53.9 Å². The van der Waals surface area contributed by atoms with Gasteiger partial charge in [0, 0.05) is 10.3 Å². The fourth-order valence-electron chi connectivity index (χ4n) is 2.83. The summed E-state index contributed by atoms with van der Waals surface area (Å²) < 4.78 is 124. The molecule has 0 N–H and O–H groups in total. The van der Waals surface area contributed by atoms with Crippen molar-refractivity contribution in [3.8, 4) is 5.75 Å². The van der Waals surface area contributed by atoms with Crippen LogP contribution in [-0.2, 0) is 19.3 Å². The lowest BCUT2D eigenvalue weighted by Gasteiger charge is -2.25. The van der Waals surface area contributed by atoms with Crippen molar-refractivity contribution in [3.63, 3.8) is 0 Å². The standard InChI is InChI=1S/C20H14F7O5PS/c1-3-30-33(29,31-4-2)20(26,27)10-6-5-9-7-12(34-11(9)8-10)19(28)32-18-16(24)14(22)13(21)15(23)17(18)25/h5-8H,3-4H2,1-2H3. The highest BCUT2D eigenvalue weighted by atomic mass is 32.1. The topological polar surface area (TPSA) is 61.8 Å². The smallest absolute Gasteiger partial charge is 0.404 e. The van der Waals surface area contributed by atoms with E-state index in [4.69, 9.17) is 9.05 Å². The van der Waals surface area contributed by atoms with E-state index in [0.717, 1.165) is 24.3 Å². The van der Waals surface area contributed by atoms with Gasteiger partial charge in [-0.25, -0.2) is 18.0 Å². The summed E-state index contributed by atoms with van der Waals surface area (Å²) in [6, 6.07) is 4.06. The highest BCUT2D eigenvalue weighted by Crippen LogP contribution is 2.67. The number of carbonyl (C=O) groups is 1. The predicted octanol–water partition coefficient (Wildman–Crippen LogP) is 7.13. The van der Waals surface area contributed by atoms with Crippen LogP contribution in [0.5, 0.6) is 5.75 Å². The van der Waals surface area contributed by atoms with Crippen molar-refractivity contribution >= 4 is 35.0 Å². The van der Waals surface area contributed by atoms with Gasteiger partial charge in [-0.1, -0.05) is 12.1 Å². The van der Waals surface area contributed by atoms with Crippen molar-refractivity contribution in [3.05, 3.63) is 63.8 Å². The normalized spacial score (nSPS) is 12.4. The maximum Gasteiger partial charge on any atom is 0.404 e. The van der Waals surface area contributed by atoms with Crippen LogP contribution in [0.3, 0.4) is 0 Å². The average Bonchev–Trinajstić information content (AvgIpc) is 3.23. The number of thiophene rings is 1. The Morgan fingerprint density at radius 2 is 1.44 bits per heavy atom. The van der Waals surface area contributed by atoms with Crippen LogP contribution in [0.15, 0.2) is 24.3 Å². The molecule has 0 bridgehead atoms. The average molecular weight is 530 g/mol. The second-order valence-electron chi connectivity index (χ2n) is 6.53. The van der Waals surface area contributed by atoms with E-state index in [1.165, 1.54) is 13.8 Å². The van der Waals surface area contributed by atoms with Gasteiger partial charge in [-0.2, -0.15) is 17.6 Å². The largest absolute Gasteiger partial charge is 0.416 e. The Morgan fingerprint density at radius 1 is 0.912 bits per heavy atom. The van der Waals surface area contributed by atoms with E-state index in [1.54, 1.807) is 0 Å². The maximum absolute atomic E-state index is 15.0. The molecule has 0 spiro atoms. The van der Waals surface area contributed by atoms with Crippen LogP contribution in [0.2, 0.25) is 0 Å². The molecule has 3 aromatic rings. The SMILES string of the molecule is CCOP(=O)(OCC)C(F)(F)c1ccc2cc(C(=O)Oc3c(F)c(F)c(F)c(F)c3F)sc2c1. The van der Waals surface area contributed by atoms with Gasteiger partial charge in [0.15, 0.2) is 0 Å². The zero-order valence-electron chi connectivity index (χ0n) is 17.3. The third-order valence-corrected chi connectivity index (χ3v) is 7.60. The molecular formula is C20H14F7O5PS. The highest BCUT2D eigenvalue weighted by molar-refractivity contribution is 7.54. The molecule has 1 heterocycles. The lowest BCUT2D eigenvalue weighted by atomic mass is 10.2. The third-order valence-electron chi connectivity index (χ3n) is 4.37. The molecule has 5 nitrogen and oxygen atoms in total. The molecule has 0 saturated heterocycles. The van der Waals surface area contributed by atoms with E-state index < -0.39 is 64.5 Å². The Morgan fingerprint density at radius 3 is 1.97 bits per heavy atom. The molecule has 0 aliphatic carbocycles. The van der Waals surface area contributed by atoms with E-state index in [1.807, 2.05) is 0 Å². The molecule has 0 saturated carbocycles. The van der Waals surface area contributed by atoms with Crippen molar-refractivity contribution in [2.24, 2.45) is 0 Å². The highest BCUT2D eigenvalue weighted by Gasteiger charge is 2.54. The molecule has 0 fully saturated rings. The van der Waals surface area contributed by atoms with Crippen LogP contribution in [-0.4, -0.2) is 19.2 Å². The van der Waals surface area contributed by atoms with Gasteiger partial charge < -0.3 is 13.8 Å². The molecule has 2 aromatic carbocycles. The molecule has 0 radical (unpaired) electrons. The number of fused-ring (bicyclic) bond motifs is 1. The molecule has 0 aliphatic heterocycles. The van der Waals surface area contributed by atoms with Gasteiger partial charge in [0.2, 0.25) is 34.8 Å². The van der Waals surface area contributed by atoms with Gasteiger partial charge in [-0.15, -0.1) is 11.3 Å². The first-order valence-corrected chi connectivity index (χ1v) is 11.8. The van der Waals surface area contributed by atoms with Gasteiger partial charge >= 0.3 is 19.2 Å². The first-order valence-electron chi connectivity index (χ1n) is 9.42. The zero-order valence-corrected chi connectivity index (χ0v) is 19.0. The van der Waals surface area contributed by atoms with Gasteiger partial charge in [0.25, 0.3) is 0 Å². The number of carbonyl (C=O) groups excluding carboxylic acids is 1. The molecule has 34 heavy (non-hydrogen) atoms. The number of hydrogen-bond acceptors (Lipinski definition) is 6. The van der Waals surface area contributed by atoms with Crippen LogP contribution >= 0.6 is 18.9 Å². The summed E-state index contributed by atoms with van der Waals surface area (Å²) >= 11 is 0.530. The molecular weight excluding hydrogens is 516 g/mol. The molecule has 3 rings (SSSR count). The fraction of sp³-hybridized carbons (Fsp3) is 0.250. The Kier molecular flexibility index (Phi) is 7.42. The predicted molar refractivity (Wildman–Crippen MR) is 108 cm³/mol. The molecule has 14 heteroatoms. The quantitative estimate of drug-likeness (QED) is 0.0775. The number of hydrogen-bond donors (Lipinski definition) is 0. The lowest BCUT2D eigenvalue weighted by Crippen LogP contribution is -2.18. The number of benzene rings is 2. The van der Waals surface area contributed by atoms with Crippen LogP contribution in [0.4, 0.5) is 30.7 Å². The first kappa shape index (κ1) is 26.1. The molecule has 1 aromatic heterocycles. The Balaban J connectivity index is 1.97. The summed E-state index contributed by atoms with van der Waals surface area (Å²) in [5.74, 6) is -15.0. The van der Waals surface area contributed by atoms with Gasteiger partial charge in [-0.3, -0.25) is 4.57 Å². The minimum Gasteiger partial charge on any atom is -0.416 e. The summed E-state index contributed by atoms with van der Waals surface area (Å²) in [4.78, 5) is 11.9. The number of alkyl halides is 2.